The second-order valence-corrected chi connectivity index (χ2v) is 4.63. The molecule has 2 rings (SSSR count). The van der Waals surface area contributed by atoms with Crippen LogP contribution in [0.15, 0.2) is 24.4 Å². The lowest BCUT2D eigenvalue weighted by Crippen LogP contribution is -2.06. The van der Waals surface area contributed by atoms with E-state index in [0.717, 1.165) is 16.7 Å². The molecular weight excluding hydrogens is 212 g/mol. The average Bonchev–Trinajstić information content (AvgIpc) is 2.63. The van der Waals surface area contributed by atoms with Crippen LogP contribution in [0.2, 0.25) is 0 Å². The van der Waals surface area contributed by atoms with E-state index in [4.69, 9.17) is 0 Å². The lowest BCUT2D eigenvalue weighted by molar-refractivity contribution is 0.213. The van der Waals surface area contributed by atoms with E-state index in [0.29, 0.717) is 5.69 Å². The van der Waals surface area contributed by atoms with Gasteiger partial charge in [-0.25, -0.2) is 0 Å². The third-order valence-corrected chi connectivity index (χ3v) is 3.03. The van der Waals surface area contributed by atoms with E-state index in [1.54, 1.807) is 4.68 Å². The number of nitrogens with zero attached hydrogens (tertiary/aromatic N) is 2. The summed E-state index contributed by atoms with van der Waals surface area (Å²) in [7, 11) is 1.85. The normalized spacial score (nSPS) is 12.8. The number of aliphatic hydroxyl groups is 1. The number of aliphatic hydroxyl groups excluding tert-OH is 1. The third-order valence-electron chi connectivity index (χ3n) is 3.03. The second kappa shape index (κ2) is 4.34. The van der Waals surface area contributed by atoms with Crippen molar-refractivity contribution in [2.45, 2.75) is 26.9 Å². The van der Waals surface area contributed by atoms with Gasteiger partial charge in [0.25, 0.3) is 0 Å². The van der Waals surface area contributed by atoms with E-state index in [2.05, 4.69) is 24.2 Å². The van der Waals surface area contributed by atoms with Crippen LogP contribution < -0.4 is 0 Å². The molecule has 1 N–H and O–H groups in total. The van der Waals surface area contributed by atoms with E-state index >= 15 is 0 Å². The highest BCUT2D eigenvalue weighted by Crippen LogP contribution is 2.27. The monoisotopic (exact) mass is 230 g/mol. The predicted molar refractivity (Wildman–Crippen MR) is 67.9 cm³/mol. The molecule has 0 aliphatic heterocycles. The van der Waals surface area contributed by atoms with Crippen molar-refractivity contribution in [3.05, 3.63) is 52.3 Å². The molecule has 3 nitrogen and oxygen atoms in total. The Labute approximate surface area is 102 Å². The predicted octanol–water partition coefficient (Wildman–Crippen LogP) is 2.43. The van der Waals surface area contributed by atoms with Gasteiger partial charge >= 0.3 is 0 Å². The topological polar surface area (TPSA) is 38.0 Å². The number of rotatable bonds is 2. The first-order chi connectivity index (χ1) is 7.99. The molecule has 2 aromatic rings. The Morgan fingerprint density at radius 2 is 1.76 bits per heavy atom. The van der Waals surface area contributed by atoms with E-state index in [1.807, 2.05) is 33.2 Å². The minimum atomic E-state index is -0.642. The lowest BCUT2D eigenvalue weighted by atomic mass is 9.94. The van der Waals surface area contributed by atoms with E-state index in [1.165, 1.54) is 5.56 Å². The van der Waals surface area contributed by atoms with E-state index in [9.17, 15) is 5.11 Å². The summed E-state index contributed by atoms with van der Waals surface area (Å²) in [6.45, 7) is 6.12. The number of hydrogen-bond acceptors (Lipinski definition) is 2. The molecule has 0 saturated carbocycles. The van der Waals surface area contributed by atoms with Gasteiger partial charge in [-0.1, -0.05) is 17.7 Å². The summed E-state index contributed by atoms with van der Waals surface area (Å²) in [5.41, 5.74) is 5.11. The molecule has 1 atom stereocenters. The van der Waals surface area contributed by atoms with Crippen LogP contribution in [0, 0.1) is 20.8 Å². The summed E-state index contributed by atoms with van der Waals surface area (Å²) in [4.78, 5) is 0. The Hall–Kier alpha value is -1.61. The maximum absolute atomic E-state index is 10.4. The molecule has 1 aromatic carbocycles. The molecule has 0 aliphatic rings. The summed E-state index contributed by atoms with van der Waals surface area (Å²) >= 11 is 0. The molecule has 1 aromatic heterocycles. The molecule has 0 fully saturated rings. The Morgan fingerprint density at radius 1 is 1.18 bits per heavy atom. The second-order valence-electron chi connectivity index (χ2n) is 4.63. The highest BCUT2D eigenvalue weighted by atomic mass is 16.3. The molecule has 3 heteroatoms. The van der Waals surface area contributed by atoms with Crippen LogP contribution in [0.4, 0.5) is 0 Å². The van der Waals surface area contributed by atoms with Gasteiger partial charge in [0.2, 0.25) is 0 Å². The summed E-state index contributed by atoms with van der Waals surface area (Å²) in [5.74, 6) is 0. The first kappa shape index (κ1) is 11.9. The Kier molecular flexibility index (Phi) is 3.03. The fraction of sp³-hybridized carbons (Fsp3) is 0.357. The van der Waals surface area contributed by atoms with Gasteiger partial charge in [0, 0.05) is 13.2 Å². The standard InChI is InChI=1S/C14H18N2O/c1-9-7-10(2)13(11(3)8-9)14(17)12-5-6-16(4)15-12/h5-8,14,17H,1-4H3. The van der Waals surface area contributed by atoms with Gasteiger partial charge < -0.3 is 5.11 Å². The van der Waals surface area contributed by atoms with Crippen LogP contribution in [-0.2, 0) is 7.05 Å². The minimum absolute atomic E-state index is 0.642. The van der Waals surface area contributed by atoms with Gasteiger partial charge in [0.1, 0.15) is 6.10 Å². The third kappa shape index (κ3) is 2.24. The maximum atomic E-state index is 10.4. The molecule has 1 heterocycles. The molecule has 17 heavy (non-hydrogen) atoms. The van der Waals surface area contributed by atoms with Crippen molar-refractivity contribution in [3.63, 3.8) is 0 Å². The molecule has 0 spiro atoms. The zero-order chi connectivity index (χ0) is 12.6. The zero-order valence-electron chi connectivity index (χ0n) is 10.7. The highest BCUT2D eigenvalue weighted by Gasteiger charge is 2.17. The Balaban J connectivity index is 2.47. The fourth-order valence-corrected chi connectivity index (χ4v) is 2.35. The van der Waals surface area contributed by atoms with Crippen LogP contribution in [-0.4, -0.2) is 14.9 Å². The minimum Gasteiger partial charge on any atom is -0.382 e. The van der Waals surface area contributed by atoms with Gasteiger partial charge in [-0.05, 0) is 43.5 Å². The van der Waals surface area contributed by atoms with Crippen molar-refractivity contribution < 1.29 is 5.11 Å². The van der Waals surface area contributed by atoms with Gasteiger partial charge in [0.05, 0.1) is 5.69 Å². The smallest absolute Gasteiger partial charge is 0.123 e. The van der Waals surface area contributed by atoms with Crippen molar-refractivity contribution in [2.24, 2.45) is 7.05 Å². The molecule has 0 saturated heterocycles. The Morgan fingerprint density at radius 3 is 2.24 bits per heavy atom. The maximum Gasteiger partial charge on any atom is 0.123 e. The SMILES string of the molecule is Cc1cc(C)c(C(O)c2ccn(C)n2)c(C)c1. The first-order valence-electron chi connectivity index (χ1n) is 5.74. The quantitative estimate of drug-likeness (QED) is 0.860. The Bertz CT molecular complexity index is 520. The van der Waals surface area contributed by atoms with Gasteiger partial charge in [-0.15, -0.1) is 0 Å². The van der Waals surface area contributed by atoms with Crippen LogP contribution in [0.25, 0.3) is 0 Å². The zero-order valence-corrected chi connectivity index (χ0v) is 10.7. The average molecular weight is 230 g/mol. The molecule has 90 valence electrons. The number of hydrogen-bond donors (Lipinski definition) is 1. The molecular formula is C14H18N2O. The van der Waals surface area contributed by atoms with Gasteiger partial charge in [-0.3, -0.25) is 4.68 Å². The van der Waals surface area contributed by atoms with Crippen molar-refractivity contribution in [3.8, 4) is 0 Å². The summed E-state index contributed by atoms with van der Waals surface area (Å²) in [5, 5.41) is 14.6. The van der Waals surface area contributed by atoms with Gasteiger partial charge in [0.15, 0.2) is 0 Å². The number of benzene rings is 1. The summed E-state index contributed by atoms with van der Waals surface area (Å²) in [6.07, 6.45) is 1.20. The van der Waals surface area contributed by atoms with Crippen molar-refractivity contribution in [1.29, 1.82) is 0 Å². The van der Waals surface area contributed by atoms with Crippen molar-refractivity contribution >= 4 is 0 Å². The fourth-order valence-electron chi connectivity index (χ4n) is 2.35. The van der Waals surface area contributed by atoms with Crippen LogP contribution >= 0.6 is 0 Å². The first-order valence-corrected chi connectivity index (χ1v) is 5.74. The van der Waals surface area contributed by atoms with Crippen LogP contribution in [0.3, 0.4) is 0 Å². The number of aromatic nitrogens is 2. The van der Waals surface area contributed by atoms with E-state index in [-0.39, 0.29) is 0 Å². The van der Waals surface area contributed by atoms with Crippen molar-refractivity contribution in [1.82, 2.24) is 9.78 Å². The van der Waals surface area contributed by atoms with Gasteiger partial charge in [-0.2, -0.15) is 5.10 Å². The molecule has 0 amide bonds. The lowest BCUT2D eigenvalue weighted by Gasteiger charge is -2.15. The summed E-state index contributed by atoms with van der Waals surface area (Å²) in [6, 6.07) is 6.03. The highest BCUT2D eigenvalue weighted by molar-refractivity contribution is 5.41. The number of aryl methyl sites for hydroxylation is 4. The molecule has 1 unspecified atom stereocenters. The largest absolute Gasteiger partial charge is 0.382 e. The molecule has 0 bridgehead atoms. The molecule has 0 radical (unpaired) electrons. The van der Waals surface area contributed by atoms with Crippen molar-refractivity contribution in [2.75, 3.05) is 0 Å². The van der Waals surface area contributed by atoms with E-state index < -0.39 is 6.10 Å². The van der Waals surface area contributed by atoms with Crippen LogP contribution in [0.5, 0.6) is 0 Å². The van der Waals surface area contributed by atoms with Crippen LogP contribution in [0.1, 0.15) is 34.1 Å². The summed E-state index contributed by atoms with van der Waals surface area (Å²) < 4.78 is 1.71. The molecule has 0 aliphatic carbocycles.